The third-order valence-electron chi connectivity index (χ3n) is 4.69. The largest absolute Gasteiger partial charge is 0.309 e. The van der Waals surface area contributed by atoms with Crippen LogP contribution in [0.3, 0.4) is 0 Å². The molecule has 0 saturated heterocycles. The fraction of sp³-hybridized carbons (Fsp3) is 0.261. The molecule has 28 heavy (non-hydrogen) atoms. The Morgan fingerprint density at radius 3 is 2.50 bits per heavy atom. The third-order valence-corrected chi connectivity index (χ3v) is 5.62. The molecule has 0 unspecified atom stereocenters. The molecule has 1 aliphatic carbocycles. The lowest BCUT2D eigenvalue weighted by Crippen LogP contribution is -2.14. The van der Waals surface area contributed by atoms with E-state index < -0.39 is 0 Å². The van der Waals surface area contributed by atoms with Crippen molar-refractivity contribution in [2.45, 2.75) is 19.3 Å². The van der Waals surface area contributed by atoms with Crippen LogP contribution in [0.5, 0.6) is 0 Å². The van der Waals surface area contributed by atoms with Gasteiger partial charge in [0.1, 0.15) is 0 Å². The molecule has 0 spiro atoms. The second-order valence-corrected chi connectivity index (χ2v) is 9.03. The maximum absolute atomic E-state index is 13.0. The molecule has 0 N–H and O–H groups in total. The molecule has 5 heteroatoms. The number of Topliss-reactive ketones (excluding diaryl/α,β-unsaturated/α-hetero) is 1. The van der Waals surface area contributed by atoms with Crippen LogP contribution in [0, 0.1) is 0 Å². The Hall–Kier alpha value is -1.39. The number of halogens is 3. The van der Waals surface area contributed by atoms with E-state index in [2.05, 4.69) is 26.9 Å². The third kappa shape index (κ3) is 5.36. The molecule has 2 aromatic carbocycles. The van der Waals surface area contributed by atoms with E-state index in [4.69, 9.17) is 23.2 Å². The molecule has 0 radical (unpaired) electrons. The number of nitrogens with zero attached hydrogens (tertiary/aromatic N) is 1. The zero-order valence-electron chi connectivity index (χ0n) is 15.9. The molecule has 0 atom stereocenters. The van der Waals surface area contributed by atoms with Crippen molar-refractivity contribution in [3.05, 3.63) is 79.3 Å². The number of carbonyl (C=O) groups is 1. The summed E-state index contributed by atoms with van der Waals surface area (Å²) in [4.78, 5) is 15.1. The fourth-order valence-corrected chi connectivity index (χ4v) is 4.39. The molecule has 2 aromatic rings. The fourth-order valence-electron chi connectivity index (χ4n) is 3.44. The molecule has 0 aliphatic heterocycles. The highest BCUT2D eigenvalue weighted by molar-refractivity contribution is 9.10. The van der Waals surface area contributed by atoms with Crippen molar-refractivity contribution in [2.75, 3.05) is 20.6 Å². The molecule has 0 saturated carbocycles. The molecule has 0 heterocycles. The second kappa shape index (κ2) is 9.41. The number of allylic oxidation sites excluding steroid dienone is 3. The predicted molar refractivity (Wildman–Crippen MR) is 123 cm³/mol. The van der Waals surface area contributed by atoms with Crippen LogP contribution in [0.4, 0.5) is 0 Å². The van der Waals surface area contributed by atoms with Gasteiger partial charge in [0.25, 0.3) is 0 Å². The van der Waals surface area contributed by atoms with Gasteiger partial charge >= 0.3 is 0 Å². The average molecular weight is 479 g/mol. The monoisotopic (exact) mass is 477 g/mol. The SMILES string of the molecule is CN(C)CCCC(=O)C1=C(/C=C/c2cc(Cl)cc(Cl)c2)Cc2cc(Br)ccc21. The Labute approximate surface area is 185 Å². The molecule has 0 fully saturated rings. The first-order valence-corrected chi connectivity index (χ1v) is 10.7. The minimum atomic E-state index is 0.201. The first kappa shape index (κ1) is 21.3. The van der Waals surface area contributed by atoms with Crippen LogP contribution >= 0.6 is 39.1 Å². The topological polar surface area (TPSA) is 20.3 Å². The summed E-state index contributed by atoms with van der Waals surface area (Å²) in [5.41, 5.74) is 5.02. The molecule has 0 bridgehead atoms. The number of hydrogen-bond acceptors (Lipinski definition) is 2. The van der Waals surface area contributed by atoms with Crippen molar-refractivity contribution < 1.29 is 4.79 Å². The lowest BCUT2D eigenvalue weighted by molar-refractivity contribution is -0.113. The van der Waals surface area contributed by atoms with Gasteiger partial charge in [-0.3, -0.25) is 4.79 Å². The maximum Gasteiger partial charge on any atom is 0.163 e. The molecular formula is C23H22BrCl2NO. The summed E-state index contributed by atoms with van der Waals surface area (Å²) < 4.78 is 1.03. The highest BCUT2D eigenvalue weighted by Gasteiger charge is 2.25. The van der Waals surface area contributed by atoms with Gasteiger partial charge < -0.3 is 4.90 Å². The zero-order valence-corrected chi connectivity index (χ0v) is 19.0. The van der Waals surface area contributed by atoms with Gasteiger partial charge in [-0.2, -0.15) is 0 Å². The van der Waals surface area contributed by atoms with Gasteiger partial charge in [-0.1, -0.05) is 57.4 Å². The van der Waals surface area contributed by atoms with E-state index >= 15 is 0 Å². The van der Waals surface area contributed by atoms with Gasteiger partial charge in [0.2, 0.25) is 0 Å². The Bertz CT molecular complexity index is 943. The van der Waals surface area contributed by atoms with E-state index in [1.807, 2.05) is 50.5 Å². The summed E-state index contributed by atoms with van der Waals surface area (Å²) in [6, 6.07) is 11.6. The van der Waals surface area contributed by atoms with Gasteiger partial charge in [-0.15, -0.1) is 0 Å². The first-order chi connectivity index (χ1) is 13.3. The van der Waals surface area contributed by atoms with Crippen LogP contribution in [0.15, 0.2) is 52.5 Å². The second-order valence-electron chi connectivity index (χ2n) is 7.24. The molecule has 3 rings (SSSR count). The van der Waals surface area contributed by atoms with E-state index in [1.165, 1.54) is 5.56 Å². The molecule has 2 nitrogen and oxygen atoms in total. The normalized spacial score (nSPS) is 13.6. The number of rotatable bonds is 7. The predicted octanol–water partition coefficient (Wildman–Crippen LogP) is 6.69. The van der Waals surface area contributed by atoms with Crippen LogP contribution < -0.4 is 0 Å². The van der Waals surface area contributed by atoms with Gasteiger partial charge in [-0.25, -0.2) is 0 Å². The van der Waals surface area contributed by atoms with Crippen LogP contribution in [0.25, 0.3) is 11.6 Å². The molecule has 0 amide bonds. The van der Waals surface area contributed by atoms with Crippen LogP contribution in [-0.2, 0) is 11.2 Å². The quantitative estimate of drug-likeness (QED) is 0.441. The highest BCUT2D eigenvalue weighted by Crippen LogP contribution is 2.37. The van der Waals surface area contributed by atoms with E-state index in [0.29, 0.717) is 16.5 Å². The molecule has 0 aromatic heterocycles. The smallest absolute Gasteiger partial charge is 0.163 e. The van der Waals surface area contributed by atoms with Crippen LogP contribution in [0.2, 0.25) is 10.0 Å². The van der Waals surface area contributed by atoms with Gasteiger partial charge in [0.05, 0.1) is 0 Å². The Morgan fingerprint density at radius 1 is 1.11 bits per heavy atom. The van der Waals surface area contributed by atoms with Crippen molar-refractivity contribution in [1.82, 2.24) is 4.90 Å². The Kier molecular flexibility index (Phi) is 7.16. The lowest BCUT2D eigenvalue weighted by atomic mass is 9.98. The average Bonchev–Trinajstić information content (AvgIpc) is 2.96. The van der Waals surface area contributed by atoms with Crippen molar-refractivity contribution >= 4 is 56.6 Å². The Balaban J connectivity index is 1.92. The number of carbonyl (C=O) groups excluding carboxylic acids is 1. The van der Waals surface area contributed by atoms with E-state index in [0.717, 1.165) is 46.1 Å². The summed E-state index contributed by atoms with van der Waals surface area (Å²) in [5, 5.41) is 1.19. The number of benzene rings is 2. The standard InChI is InChI=1S/C23H22BrCl2NO/c1-27(2)9-3-4-22(28)23-16(12-17-13-18(24)7-8-21(17)23)6-5-15-10-19(25)14-20(26)11-15/h5-8,10-11,13-14H,3-4,9,12H2,1-2H3/b6-5+. The molecular weight excluding hydrogens is 457 g/mol. The maximum atomic E-state index is 13.0. The summed E-state index contributed by atoms with van der Waals surface area (Å²) in [7, 11) is 4.05. The van der Waals surface area contributed by atoms with E-state index in [9.17, 15) is 4.79 Å². The first-order valence-electron chi connectivity index (χ1n) is 9.17. The van der Waals surface area contributed by atoms with E-state index in [-0.39, 0.29) is 5.78 Å². The summed E-state index contributed by atoms with van der Waals surface area (Å²) in [5.74, 6) is 0.201. The lowest BCUT2D eigenvalue weighted by Gasteiger charge is -2.10. The Morgan fingerprint density at radius 2 is 1.82 bits per heavy atom. The van der Waals surface area contributed by atoms with Crippen molar-refractivity contribution in [3.8, 4) is 0 Å². The van der Waals surface area contributed by atoms with Crippen LogP contribution in [-0.4, -0.2) is 31.3 Å². The van der Waals surface area contributed by atoms with E-state index in [1.54, 1.807) is 6.07 Å². The van der Waals surface area contributed by atoms with Crippen molar-refractivity contribution in [1.29, 1.82) is 0 Å². The minimum Gasteiger partial charge on any atom is -0.309 e. The molecule has 1 aliphatic rings. The van der Waals surface area contributed by atoms with Crippen LogP contribution in [0.1, 0.15) is 29.5 Å². The summed E-state index contributed by atoms with van der Waals surface area (Å²) in [6.07, 6.45) is 6.13. The van der Waals surface area contributed by atoms with Gasteiger partial charge in [-0.05, 0) is 86.1 Å². The number of ketones is 1. The minimum absolute atomic E-state index is 0.201. The summed E-state index contributed by atoms with van der Waals surface area (Å²) in [6.45, 7) is 0.901. The summed E-state index contributed by atoms with van der Waals surface area (Å²) >= 11 is 15.7. The van der Waals surface area contributed by atoms with Gasteiger partial charge in [0, 0.05) is 26.5 Å². The molecule has 146 valence electrons. The highest BCUT2D eigenvalue weighted by atomic mass is 79.9. The van der Waals surface area contributed by atoms with Gasteiger partial charge in [0.15, 0.2) is 5.78 Å². The van der Waals surface area contributed by atoms with Crippen molar-refractivity contribution in [2.24, 2.45) is 0 Å². The van der Waals surface area contributed by atoms with Crippen molar-refractivity contribution in [3.63, 3.8) is 0 Å². The number of hydrogen-bond donors (Lipinski definition) is 0. The zero-order chi connectivity index (χ0) is 20.3. The number of fused-ring (bicyclic) bond motifs is 1.